The molecule has 1 aliphatic rings. The fraction of sp³-hybridized carbons (Fsp3) is 0.579. The third-order valence-electron chi connectivity index (χ3n) is 4.67. The second kappa shape index (κ2) is 9.11. The lowest BCUT2D eigenvalue weighted by molar-refractivity contribution is 0.315. The number of para-hydroxylation sites is 2. The number of rotatable bonds is 2. The van der Waals surface area contributed by atoms with Gasteiger partial charge in [-0.25, -0.2) is 4.98 Å². The van der Waals surface area contributed by atoms with Crippen molar-refractivity contribution in [2.75, 3.05) is 0 Å². The van der Waals surface area contributed by atoms with Crippen LogP contribution >= 0.6 is 11.8 Å². The highest BCUT2D eigenvalue weighted by molar-refractivity contribution is 8.00. The average molecular weight is 346 g/mol. The maximum Gasteiger partial charge on any atom is 0.257 e. The van der Waals surface area contributed by atoms with Gasteiger partial charge in [-0.2, -0.15) is 0 Å². The standard InChI is InChI=1S/C19H26N2O2S/c22-21-16-12-7-5-3-1-2-4-6-8-14-18(16)24-19-20-15-11-9-10-13-17(15)23-19/h9-11,13,18,22H,1-8,12,14H2. The van der Waals surface area contributed by atoms with Crippen LogP contribution in [0.2, 0.25) is 0 Å². The first-order chi connectivity index (χ1) is 11.9. The summed E-state index contributed by atoms with van der Waals surface area (Å²) in [5.74, 6) is 0. The summed E-state index contributed by atoms with van der Waals surface area (Å²) in [5, 5.41) is 14.0. The fourth-order valence-corrected chi connectivity index (χ4v) is 4.41. The van der Waals surface area contributed by atoms with Gasteiger partial charge in [-0.1, -0.05) is 74.0 Å². The Balaban J connectivity index is 1.72. The zero-order valence-electron chi connectivity index (χ0n) is 14.1. The summed E-state index contributed by atoms with van der Waals surface area (Å²) in [7, 11) is 0. The monoisotopic (exact) mass is 346 g/mol. The Labute approximate surface area is 147 Å². The number of oxime groups is 1. The summed E-state index contributed by atoms with van der Waals surface area (Å²) in [6, 6.07) is 7.83. The van der Waals surface area contributed by atoms with Gasteiger partial charge in [0.05, 0.1) is 11.0 Å². The zero-order chi connectivity index (χ0) is 16.6. The van der Waals surface area contributed by atoms with Crippen LogP contribution in [0.5, 0.6) is 0 Å². The molecular weight excluding hydrogens is 320 g/mol. The summed E-state index contributed by atoms with van der Waals surface area (Å²) in [6.45, 7) is 0. The Kier molecular flexibility index (Phi) is 6.58. The summed E-state index contributed by atoms with van der Waals surface area (Å²) in [5.41, 5.74) is 2.59. The third-order valence-corrected chi connectivity index (χ3v) is 5.84. The molecule has 130 valence electrons. The van der Waals surface area contributed by atoms with Crippen LogP contribution < -0.4 is 0 Å². The molecule has 0 radical (unpaired) electrons. The molecule has 4 nitrogen and oxygen atoms in total. The molecule has 2 aromatic rings. The lowest BCUT2D eigenvalue weighted by Gasteiger charge is -2.17. The molecule has 24 heavy (non-hydrogen) atoms. The predicted molar refractivity (Wildman–Crippen MR) is 99.0 cm³/mol. The number of oxazole rings is 1. The van der Waals surface area contributed by atoms with Crippen molar-refractivity contribution in [3.8, 4) is 0 Å². The minimum Gasteiger partial charge on any atom is -0.431 e. The highest BCUT2D eigenvalue weighted by Gasteiger charge is 2.21. The van der Waals surface area contributed by atoms with Crippen molar-refractivity contribution in [1.29, 1.82) is 0 Å². The average Bonchev–Trinajstić information content (AvgIpc) is 3.00. The lowest BCUT2D eigenvalue weighted by atomic mass is 9.99. The normalized spacial score (nSPS) is 23.0. The van der Waals surface area contributed by atoms with Gasteiger partial charge in [0.25, 0.3) is 5.22 Å². The van der Waals surface area contributed by atoms with Gasteiger partial charge >= 0.3 is 0 Å². The molecule has 3 rings (SSSR count). The van der Waals surface area contributed by atoms with Crippen molar-refractivity contribution >= 4 is 28.6 Å². The fourth-order valence-electron chi connectivity index (χ4n) is 3.29. The molecule has 1 atom stereocenters. The molecule has 1 aliphatic carbocycles. The van der Waals surface area contributed by atoms with Gasteiger partial charge in [0, 0.05) is 0 Å². The molecule has 0 bridgehead atoms. The molecule has 1 aromatic heterocycles. The van der Waals surface area contributed by atoms with Crippen molar-refractivity contribution in [2.45, 2.75) is 74.7 Å². The van der Waals surface area contributed by atoms with Crippen LogP contribution in [0.1, 0.15) is 64.2 Å². The Bertz CT molecular complexity index is 635. The molecular formula is C19H26N2O2S. The quantitative estimate of drug-likeness (QED) is 0.532. The zero-order valence-corrected chi connectivity index (χ0v) is 14.9. The molecule has 1 N–H and O–H groups in total. The molecule has 1 heterocycles. The number of fused-ring (bicyclic) bond motifs is 1. The van der Waals surface area contributed by atoms with E-state index in [1.807, 2.05) is 24.3 Å². The van der Waals surface area contributed by atoms with Crippen molar-refractivity contribution < 1.29 is 9.62 Å². The molecule has 0 saturated heterocycles. The number of hydrogen-bond acceptors (Lipinski definition) is 5. The van der Waals surface area contributed by atoms with Gasteiger partial charge in [0.2, 0.25) is 0 Å². The maximum atomic E-state index is 9.51. The highest BCUT2D eigenvalue weighted by Crippen LogP contribution is 2.31. The summed E-state index contributed by atoms with van der Waals surface area (Å²) in [4.78, 5) is 4.56. The first-order valence-electron chi connectivity index (χ1n) is 9.10. The molecule has 0 amide bonds. The molecule has 5 heteroatoms. The van der Waals surface area contributed by atoms with Crippen LogP contribution in [0, 0.1) is 0 Å². The number of benzene rings is 1. The van der Waals surface area contributed by atoms with Gasteiger partial charge < -0.3 is 9.62 Å². The summed E-state index contributed by atoms with van der Waals surface area (Å²) >= 11 is 1.61. The van der Waals surface area contributed by atoms with Crippen LogP contribution in [0.4, 0.5) is 0 Å². The van der Waals surface area contributed by atoms with Gasteiger partial charge in [-0.05, 0) is 31.4 Å². The van der Waals surface area contributed by atoms with E-state index in [1.54, 1.807) is 11.8 Å². The second-order valence-corrected chi connectivity index (χ2v) is 7.67. The van der Waals surface area contributed by atoms with Crippen LogP contribution in [0.15, 0.2) is 39.1 Å². The largest absolute Gasteiger partial charge is 0.431 e. The summed E-state index contributed by atoms with van der Waals surface area (Å²) in [6.07, 6.45) is 11.9. The van der Waals surface area contributed by atoms with Gasteiger partial charge in [-0.15, -0.1) is 0 Å². The Hall–Kier alpha value is -1.49. The van der Waals surface area contributed by atoms with Gasteiger partial charge in [-0.3, -0.25) is 0 Å². The van der Waals surface area contributed by atoms with Gasteiger partial charge in [0.1, 0.15) is 5.52 Å². The van der Waals surface area contributed by atoms with Gasteiger partial charge in [0.15, 0.2) is 5.58 Å². The van der Waals surface area contributed by atoms with Crippen molar-refractivity contribution in [3.63, 3.8) is 0 Å². The van der Waals surface area contributed by atoms with Crippen molar-refractivity contribution in [2.24, 2.45) is 5.16 Å². The predicted octanol–water partition coefficient (Wildman–Crippen LogP) is 6.03. The number of hydrogen-bond donors (Lipinski definition) is 1. The van der Waals surface area contributed by atoms with E-state index < -0.39 is 0 Å². The Morgan fingerprint density at radius 1 is 1.00 bits per heavy atom. The second-order valence-electron chi connectivity index (χ2n) is 6.51. The number of nitrogens with zero attached hydrogens (tertiary/aromatic N) is 2. The summed E-state index contributed by atoms with van der Waals surface area (Å²) < 4.78 is 5.85. The van der Waals surface area contributed by atoms with E-state index in [9.17, 15) is 5.21 Å². The van der Waals surface area contributed by atoms with Crippen LogP contribution in [-0.2, 0) is 0 Å². The SMILES string of the molecule is ON=C1CCCCCCCCCCC1Sc1nc2ccccc2o1. The molecule has 0 spiro atoms. The van der Waals surface area contributed by atoms with Crippen LogP contribution in [-0.4, -0.2) is 21.2 Å². The van der Waals surface area contributed by atoms with E-state index in [4.69, 9.17) is 4.42 Å². The smallest absolute Gasteiger partial charge is 0.257 e. The molecule has 0 aliphatic heterocycles. The highest BCUT2D eigenvalue weighted by atomic mass is 32.2. The van der Waals surface area contributed by atoms with E-state index >= 15 is 0 Å². The van der Waals surface area contributed by atoms with E-state index in [1.165, 1.54) is 38.5 Å². The van der Waals surface area contributed by atoms with E-state index in [-0.39, 0.29) is 5.25 Å². The van der Waals surface area contributed by atoms with Crippen LogP contribution in [0.3, 0.4) is 0 Å². The number of aromatic nitrogens is 1. The molecule has 1 unspecified atom stereocenters. The van der Waals surface area contributed by atoms with Crippen molar-refractivity contribution in [3.05, 3.63) is 24.3 Å². The Morgan fingerprint density at radius 3 is 2.46 bits per heavy atom. The van der Waals surface area contributed by atoms with E-state index in [0.29, 0.717) is 5.22 Å². The molecule has 1 saturated carbocycles. The lowest BCUT2D eigenvalue weighted by Crippen LogP contribution is -2.18. The van der Waals surface area contributed by atoms with E-state index in [2.05, 4.69) is 10.1 Å². The number of thioether (sulfide) groups is 1. The van der Waals surface area contributed by atoms with Crippen molar-refractivity contribution in [1.82, 2.24) is 4.98 Å². The Morgan fingerprint density at radius 2 is 1.71 bits per heavy atom. The molecule has 1 aromatic carbocycles. The minimum atomic E-state index is 0.155. The van der Waals surface area contributed by atoms with Crippen LogP contribution in [0.25, 0.3) is 11.1 Å². The topological polar surface area (TPSA) is 58.6 Å². The van der Waals surface area contributed by atoms with E-state index in [0.717, 1.165) is 42.5 Å². The third kappa shape index (κ3) is 4.76. The molecule has 1 fully saturated rings. The maximum absolute atomic E-state index is 9.51. The minimum absolute atomic E-state index is 0.155. The first kappa shape index (κ1) is 17.3. The first-order valence-corrected chi connectivity index (χ1v) is 9.98.